The van der Waals surface area contributed by atoms with Gasteiger partial charge in [0.2, 0.25) is 0 Å². The number of nitrogens with one attached hydrogen (secondary N) is 1. The van der Waals surface area contributed by atoms with E-state index in [-0.39, 0.29) is 5.75 Å². The van der Waals surface area contributed by atoms with E-state index in [0.717, 1.165) is 25.2 Å². The standard InChI is InChI=1S/C14H25N3O2S/c1-4-7-15-10-13-5-6-14(16-11-13)12-17(2)8-9-20(3,18)19/h5-6,11,15H,4,7-10,12H2,1-3H3. The zero-order valence-electron chi connectivity index (χ0n) is 12.6. The highest BCUT2D eigenvalue weighted by Gasteiger charge is 2.06. The number of pyridine rings is 1. The molecule has 0 amide bonds. The average Bonchev–Trinajstić information content (AvgIpc) is 2.38. The van der Waals surface area contributed by atoms with E-state index in [1.54, 1.807) is 0 Å². The van der Waals surface area contributed by atoms with Crippen LogP contribution in [0.1, 0.15) is 24.6 Å². The molecule has 0 radical (unpaired) electrons. The third-order valence-electron chi connectivity index (χ3n) is 2.92. The summed E-state index contributed by atoms with van der Waals surface area (Å²) in [5, 5.41) is 3.33. The van der Waals surface area contributed by atoms with E-state index in [1.165, 1.54) is 11.8 Å². The first-order chi connectivity index (χ1) is 9.40. The van der Waals surface area contributed by atoms with Crippen LogP contribution in [0.2, 0.25) is 0 Å². The maximum atomic E-state index is 11.1. The van der Waals surface area contributed by atoms with Gasteiger partial charge in [-0.05, 0) is 31.6 Å². The van der Waals surface area contributed by atoms with Gasteiger partial charge < -0.3 is 5.32 Å². The molecule has 0 spiro atoms. The Morgan fingerprint density at radius 1 is 1.35 bits per heavy atom. The van der Waals surface area contributed by atoms with Crippen molar-refractivity contribution in [2.45, 2.75) is 26.4 Å². The molecule has 6 heteroatoms. The first-order valence-corrected chi connectivity index (χ1v) is 8.97. The molecular formula is C14H25N3O2S. The minimum absolute atomic E-state index is 0.183. The van der Waals surface area contributed by atoms with Crippen molar-refractivity contribution in [1.29, 1.82) is 0 Å². The van der Waals surface area contributed by atoms with Crippen molar-refractivity contribution >= 4 is 9.84 Å². The Hall–Kier alpha value is -0.980. The number of aromatic nitrogens is 1. The fraction of sp³-hybridized carbons (Fsp3) is 0.643. The monoisotopic (exact) mass is 299 g/mol. The predicted molar refractivity (Wildman–Crippen MR) is 82.3 cm³/mol. The number of hydrogen-bond acceptors (Lipinski definition) is 5. The van der Waals surface area contributed by atoms with E-state index in [4.69, 9.17) is 0 Å². The molecule has 1 aromatic rings. The third-order valence-corrected chi connectivity index (χ3v) is 3.84. The lowest BCUT2D eigenvalue weighted by molar-refractivity contribution is 0.342. The Morgan fingerprint density at radius 3 is 2.65 bits per heavy atom. The summed E-state index contributed by atoms with van der Waals surface area (Å²) in [5.41, 5.74) is 2.13. The van der Waals surface area contributed by atoms with Gasteiger partial charge >= 0.3 is 0 Å². The molecule has 0 bridgehead atoms. The van der Waals surface area contributed by atoms with Crippen molar-refractivity contribution in [3.63, 3.8) is 0 Å². The molecule has 1 N–H and O–H groups in total. The normalized spacial score (nSPS) is 12.0. The molecule has 114 valence electrons. The molecule has 0 fully saturated rings. The molecule has 20 heavy (non-hydrogen) atoms. The maximum absolute atomic E-state index is 11.1. The smallest absolute Gasteiger partial charge is 0.148 e. The Kier molecular flexibility index (Phi) is 7.12. The predicted octanol–water partition coefficient (Wildman–Crippen LogP) is 1.06. The molecule has 5 nitrogen and oxygen atoms in total. The first kappa shape index (κ1) is 17.1. The van der Waals surface area contributed by atoms with Crippen LogP contribution in [0.25, 0.3) is 0 Å². The Bertz CT molecular complexity index is 486. The summed E-state index contributed by atoms with van der Waals surface area (Å²) in [6, 6.07) is 4.06. The van der Waals surface area contributed by atoms with Gasteiger partial charge in [-0.1, -0.05) is 13.0 Å². The number of hydrogen-bond donors (Lipinski definition) is 1. The van der Waals surface area contributed by atoms with E-state index < -0.39 is 9.84 Å². The van der Waals surface area contributed by atoms with Gasteiger partial charge in [-0.15, -0.1) is 0 Å². The van der Waals surface area contributed by atoms with Crippen LogP contribution in [0.15, 0.2) is 18.3 Å². The van der Waals surface area contributed by atoms with Crippen LogP contribution >= 0.6 is 0 Å². The Labute approximate surface area is 122 Å². The van der Waals surface area contributed by atoms with Crippen LogP contribution in [0, 0.1) is 0 Å². The zero-order valence-corrected chi connectivity index (χ0v) is 13.4. The van der Waals surface area contributed by atoms with E-state index in [2.05, 4.69) is 23.3 Å². The molecule has 0 aromatic carbocycles. The van der Waals surface area contributed by atoms with Gasteiger partial charge in [0.25, 0.3) is 0 Å². The first-order valence-electron chi connectivity index (χ1n) is 6.91. The van der Waals surface area contributed by atoms with Crippen molar-refractivity contribution in [1.82, 2.24) is 15.2 Å². The van der Waals surface area contributed by atoms with Crippen LogP contribution in [0.3, 0.4) is 0 Å². The summed E-state index contributed by atoms with van der Waals surface area (Å²) >= 11 is 0. The summed E-state index contributed by atoms with van der Waals surface area (Å²) in [4.78, 5) is 6.38. The van der Waals surface area contributed by atoms with Gasteiger partial charge in [-0.2, -0.15) is 0 Å². The topological polar surface area (TPSA) is 62.3 Å². The molecule has 0 aliphatic heterocycles. The lowest BCUT2D eigenvalue weighted by Crippen LogP contribution is -2.25. The second-order valence-electron chi connectivity index (χ2n) is 5.20. The van der Waals surface area contributed by atoms with Gasteiger partial charge in [-0.25, -0.2) is 8.42 Å². The number of rotatable bonds is 9. The van der Waals surface area contributed by atoms with Crippen molar-refractivity contribution in [2.75, 3.05) is 32.1 Å². The quantitative estimate of drug-likeness (QED) is 0.691. The molecular weight excluding hydrogens is 274 g/mol. The zero-order chi connectivity index (χ0) is 15.0. The van der Waals surface area contributed by atoms with Crippen molar-refractivity contribution in [3.8, 4) is 0 Å². The maximum Gasteiger partial charge on any atom is 0.148 e. The fourth-order valence-electron chi connectivity index (χ4n) is 1.74. The third kappa shape index (κ3) is 7.57. The minimum Gasteiger partial charge on any atom is -0.313 e. The molecule has 0 saturated heterocycles. The van der Waals surface area contributed by atoms with Crippen LogP contribution in [-0.2, 0) is 22.9 Å². The molecule has 0 aliphatic carbocycles. The van der Waals surface area contributed by atoms with Crippen molar-refractivity contribution in [3.05, 3.63) is 29.6 Å². The highest BCUT2D eigenvalue weighted by atomic mass is 32.2. The Morgan fingerprint density at radius 2 is 2.10 bits per heavy atom. The van der Waals surface area contributed by atoms with E-state index in [0.29, 0.717) is 13.1 Å². The molecule has 0 atom stereocenters. The minimum atomic E-state index is -2.90. The summed E-state index contributed by atoms with van der Waals surface area (Å²) in [6.07, 6.45) is 4.26. The summed E-state index contributed by atoms with van der Waals surface area (Å²) in [6.45, 7) is 5.18. The molecule has 1 rings (SSSR count). The fourth-order valence-corrected chi connectivity index (χ4v) is 2.38. The van der Waals surface area contributed by atoms with Crippen molar-refractivity contribution in [2.24, 2.45) is 0 Å². The average molecular weight is 299 g/mol. The molecule has 0 aliphatic rings. The van der Waals surface area contributed by atoms with E-state index in [1.807, 2.05) is 24.2 Å². The summed E-state index contributed by atoms with van der Waals surface area (Å²) < 4.78 is 22.2. The lowest BCUT2D eigenvalue weighted by atomic mass is 10.2. The van der Waals surface area contributed by atoms with Gasteiger partial charge in [0, 0.05) is 32.1 Å². The van der Waals surface area contributed by atoms with Crippen LogP contribution in [-0.4, -0.2) is 50.4 Å². The SMILES string of the molecule is CCCNCc1ccc(CN(C)CCS(C)(=O)=O)nc1. The largest absolute Gasteiger partial charge is 0.313 e. The van der Waals surface area contributed by atoms with E-state index in [9.17, 15) is 8.42 Å². The Balaban J connectivity index is 2.40. The molecule has 0 saturated carbocycles. The van der Waals surface area contributed by atoms with Crippen LogP contribution < -0.4 is 5.32 Å². The van der Waals surface area contributed by atoms with Crippen LogP contribution in [0.5, 0.6) is 0 Å². The van der Waals surface area contributed by atoms with Gasteiger partial charge in [0.05, 0.1) is 11.4 Å². The molecule has 1 aromatic heterocycles. The van der Waals surface area contributed by atoms with Gasteiger partial charge in [-0.3, -0.25) is 9.88 Å². The van der Waals surface area contributed by atoms with Crippen molar-refractivity contribution < 1.29 is 8.42 Å². The number of sulfone groups is 1. The van der Waals surface area contributed by atoms with Crippen LogP contribution in [0.4, 0.5) is 0 Å². The van der Waals surface area contributed by atoms with Gasteiger partial charge in [0.1, 0.15) is 9.84 Å². The second-order valence-corrected chi connectivity index (χ2v) is 7.46. The molecule has 1 heterocycles. The molecule has 0 unspecified atom stereocenters. The highest BCUT2D eigenvalue weighted by Crippen LogP contribution is 2.03. The summed E-state index contributed by atoms with van der Waals surface area (Å²) in [5.74, 6) is 0.183. The summed E-state index contributed by atoms with van der Waals surface area (Å²) in [7, 11) is -0.995. The highest BCUT2D eigenvalue weighted by molar-refractivity contribution is 7.90. The number of nitrogens with zero attached hydrogens (tertiary/aromatic N) is 2. The second kappa shape index (κ2) is 8.34. The lowest BCUT2D eigenvalue weighted by Gasteiger charge is -2.15. The van der Waals surface area contributed by atoms with Gasteiger partial charge in [0.15, 0.2) is 0 Å². The van der Waals surface area contributed by atoms with E-state index >= 15 is 0 Å².